The lowest BCUT2D eigenvalue weighted by molar-refractivity contribution is -0.137. The molecule has 1 aromatic heterocycles. The molecule has 19 heavy (non-hydrogen) atoms. The van der Waals surface area contributed by atoms with Gasteiger partial charge in [0.15, 0.2) is 4.34 Å². The predicted octanol–water partition coefficient (Wildman–Crippen LogP) is 3.60. The van der Waals surface area contributed by atoms with Gasteiger partial charge in [0.25, 0.3) is 0 Å². The van der Waals surface area contributed by atoms with Crippen molar-refractivity contribution >= 4 is 28.9 Å². The molecule has 0 fully saturated rings. The van der Waals surface area contributed by atoms with E-state index in [1.54, 1.807) is 11.6 Å². The third-order valence-corrected chi connectivity index (χ3v) is 4.07. The van der Waals surface area contributed by atoms with E-state index >= 15 is 0 Å². The average Bonchev–Trinajstić information content (AvgIpc) is 2.80. The van der Waals surface area contributed by atoms with Crippen LogP contribution in [0.2, 0.25) is 0 Å². The lowest BCUT2D eigenvalue weighted by Crippen LogP contribution is -2.18. The normalized spacial score (nSPS) is 11.5. The molecule has 0 aliphatic heterocycles. The van der Waals surface area contributed by atoms with Crippen LogP contribution in [-0.4, -0.2) is 10.8 Å². The third-order valence-electron chi connectivity index (χ3n) is 2.20. The summed E-state index contributed by atoms with van der Waals surface area (Å²) in [5.41, 5.74) is 3.95. The van der Waals surface area contributed by atoms with Crippen molar-refractivity contribution < 1.29 is 13.2 Å². The highest BCUT2D eigenvalue weighted by Gasteiger charge is 2.34. The second-order valence-electron chi connectivity index (χ2n) is 3.52. The van der Waals surface area contributed by atoms with Crippen LogP contribution >= 0.6 is 23.1 Å². The second-order valence-corrected chi connectivity index (χ2v) is 5.73. The summed E-state index contributed by atoms with van der Waals surface area (Å²) in [7, 11) is 0. The summed E-state index contributed by atoms with van der Waals surface area (Å²) < 4.78 is 39.3. The Morgan fingerprint density at radius 2 is 2.11 bits per heavy atom. The molecule has 0 saturated carbocycles. The number of nitrogen functional groups attached to an aromatic ring is 1. The van der Waals surface area contributed by atoms with Crippen molar-refractivity contribution in [3.8, 4) is 0 Å². The van der Waals surface area contributed by atoms with Crippen molar-refractivity contribution in [3.05, 3.63) is 40.9 Å². The molecule has 0 radical (unpaired) electrons. The topological polar surface area (TPSA) is 62.8 Å². The molecule has 0 unspecified atom stereocenters. The zero-order valence-electron chi connectivity index (χ0n) is 9.36. The quantitative estimate of drug-likeness (QED) is 0.672. The molecule has 0 aliphatic carbocycles. The van der Waals surface area contributed by atoms with E-state index in [0.717, 1.165) is 17.8 Å². The molecule has 1 aromatic carbocycles. The van der Waals surface area contributed by atoms with E-state index in [1.165, 1.54) is 23.5 Å². The first kappa shape index (κ1) is 13.9. The van der Waals surface area contributed by atoms with Crippen LogP contribution in [0.25, 0.3) is 0 Å². The van der Waals surface area contributed by atoms with E-state index < -0.39 is 17.6 Å². The lowest BCUT2D eigenvalue weighted by Gasteiger charge is -2.13. The summed E-state index contributed by atoms with van der Waals surface area (Å²) in [6.07, 6.45) is -2.96. The number of amidine groups is 1. The summed E-state index contributed by atoms with van der Waals surface area (Å²) in [6, 6.07) is 3.70. The fourth-order valence-corrected chi connectivity index (χ4v) is 3.05. The Bertz CT molecular complexity index is 594. The van der Waals surface area contributed by atoms with Gasteiger partial charge in [0.05, 0.1) is 5.56 Å². The van der Waals surface area contributed by atoms with E-state index in [2.05, 4.69) is 4.98 Å². The minimum absolute atomic E-state index is 0.309. The van der Waals surface area contributed by atoms with Crippen LogP contribution in [0.1, 0.15) is 11.1 Å². The maximum absolute atomic E-state index is 12.9. The van der Waals surface area contributed by atoms with Crippen LogP contribution in [0.4, 0.5) is 13.2 Å². The van der Waals surface area contributed by atoms with E-state index in [-0.39, 0.29) is 5.56 Å². The first-order valence-electron chi connectivity index (χ1n) is 5.01. The molecule has 0 spiro atoms. The molecular formula is C11H8F3N3S2. The van der Waals surface area contributed by atoms with Crippen LogP contribution < -0.4 is 5.73 Å². The predicted molar refractivity (Wildman–Crippen MR) is 68.7 cm³/mol. The SMILES string of the molecule is N=C(N)c1ccc(Sc2nccs2)cc1C(F)(F)F. The van der Waals surface area contributed by atoms with Gasteiger partial charge in [0.2, 0.25) is 0 Å². The molecule has 100 valence electrons. The van der Waals surface area contributed by atoms with Crippen molar-refractivity contribution in [2.24, 2.45) is 5.73 Å². The highest BCUT2D eigenvalue weighted by atomic mass is 32.2. The van der Waals surface area contributed by atoms with Gasteiger partial charge >= 0.3 is 6.18 Å². The van der Waals surface area contributed by atoms with Gasteiger partial charge in [-0.05, 0) is 18.2 Å². The Kier molecular flexibility index (Phi) is 3.81. The maximum Gasteiger partial charge on any atom is 0.417 e. The Labute approximate surface area is 115 Å². The summed E-state index contributed by atoms with van der Waals surface area (Å²) >= 11 is 2.49. The number of hydrogen-bond acceptors (Lipinski definition) is 4. The highest BCUT2D eigenvalue weighted by Crippen LogP contribution is 2.36. The standard InChI is InChI=1S/C11H8F3N3S2/c12-11(13,14)8-5-6(1-2-7(8)9(15)16)19-10-17-3-4-18-10/h1-5H,(H3,15,16). The largest absolute Gasteiger partial charge is 0.417 e. The molecular weight excluding hydrogens is 295 g/mol. The monoisotopic (exact) mass is 303 g/mol. The van der Waals surface area contributed by atoms with Gasteiger partial charge in [-0.1, -0.05) is 11.8 Å². The molecule has 0 bridgehead atoms. The van der Waals surface area contributed by atoms with Gasteiger partial charge in [-0.3, -0.25) is 5.41 Å². The van der Waals surface area contributed by atoms with Crippen LogP contribution in [0, 0.1) is 5.41 Å². The molecule has 0 atom stereocenters. The first-order valence-corrected chi connectivity index (χ1v) is 6.70. The number of thiazole rings is 1. The maximum atomic E-state index is 12.9. The van der Waals surface area contributed by atoms with Crippen LogP contribution in [-0.2, 0) is 6.18 Å². The van der Waals surface area contributed by atoms with Gasteiger partial charge in [-0.15, -0.1) is 11.3 Å². The fraction of sp³-hybridized carbons (Fsp3) is 0.0909. The van der Waals surface area contributed by atoms with E-state index in [1.807, 2.05) is 0 Å². The van der Waals surface area contributed by atoms with Crippen molar-refractivity contribution in [2.45, 2.75) is 15.4 Å². The number of alkyl halides is 3. The molecule has 8 heteroatoms. The first-order chi connectivity index (χ1) is 8.88. The molecule has 2 rings (SSSR count). The highest BCUT2D eigenvalue weighted by molar-refractivity contribution is 8.01. The Morgan fingerprint density at radius 1 is 1.37 bits per heavy atom. The number of aromatic nitrogens is 1. The minimum atomic E-state index is -4.54. The average molecular weight is 303 g/mol. The van der Waals surface area contributed by atoms with Gasteiger partial charge in [-0.2, -0.15) is 13.2 Å². The smallest absolute Gasteiger partial charge is 0.384 e. The summed E-state index contributed by atoms with van der Waals surface area (Å²) in [4.78, 5) is 4.40. The van der Waals surface area contributed by atoms with Gasteiger partial charge in [0, 0.05) is 22.0 Å². The zero-order chi connectivity index (χ0) is 14.0. The summed E-state index contributed by atoms with van der Waals surface area (Å²) in [5.74, 6) is -0.599. The van der Waals surface area contributed by atoms with Gasteiger partial charge in [-0.25, -0.2) is 4.98 Å². The number of nitrogens with one attached hydrogen (secondary N) is 1. The summed E-state index contributed by atoms with van der Waals surface area (Å²) in [6.45, 7) is 0. The summed E-state index contributed by atoms with van der Waals surface area (Å²) in [5, 5.41) is 8.93. The van der Waals surface area contributed by atoms with E-state index in [4.69, 9.17) is 11.1 Å². The number of hydrogen-bond donors (Lipinski definition) is 2. The zero-order valence-corrected chi connectivity index (χ0v) is 11.0. The molecule has 3 nitrogen and oxygen atoms in total. The Morgan fingerprint density at radius 3 is 2.63 bits per heavy atom. The third kappa shape index (κ3) is 3.27. The Balaban J connectivity index is 2.41. The minimum Gasteiger partial charge on any atom is -0.384 e. The number of benzene rings is 1. The van der Waals surface area contributed by atoms with E-state index in [0.29, 0.717) is 9.24 Å². The van der Waals surface area contributed by atoms with Crippen LogP contribution in [0.5, 0.6) is 0 Å². The number of rotatable bonds is 3. The Hall–Kier alpha value is -1.54. The van der Waals surface area contributed by atoms with Crippen molar-refractivity contribution in [3.63, 3.8) is 0 Å². The van der Waals surface area contributed by atoms with Crippen molar-refractivity contribution in [1.29, 1.82) is 5.41 Å². The van der Waals surface area contributed by atoms with Gasteiger partial charge < -0.3 is 5.73 Å². The van der Waals surface area contributed by atoms with Crippen LogP contribution in [0.15, 0.2) is 39.0 Å². The molecule has 0 saturated heterocycles. The molecule has 0 aliphatic rings. The fourth-order valence-electron chi connectivity index (χ4n) is 1.42. The molecule has 2 aromatic rings. The molecule has 1 heterocycles. The van der Waals surface area contributed by atoms with Crippen LogP contribution in [0.3, 0.4) is 0 Å². The second kappa shape index (κ2) is 5.22. The van der Waals surface area contributed by atoms with Crippen molar-refractivity contribution in [1.82, 2.24) is 4.98 Å². The van der Waals surface area contributed by atoms with E-state index in [9.17, 15) is 13.2 Å². The molecule has 0 amide bonds. The lowest BCUT2D eigenvalue weighted by atomic mass is 10.1. The number of nitrogens with two attached hydrogens (primary N) is 1. The van der Waals surface area contributed by atoms with Crippen molar-refractivity contribution in [2.75, 3.05) is 0 Å². The number of halogens is 3. The molecule has 3 N–H and O–H groups in total. The van der Waals surface area contributed by atoms with Gasteiger partial charge in [0.1, 0.15) is 5.84 Å². The number of nitrogens with zero attached hydrogens (tertiary/aromatic N) is 1.